The zero-order chi connectivity index (χ0) is 23.3. The summed E-state index contributed by atoms with van der Waals surface area (Å²) in [6, 6.07) is 9.37. The van der Waals surface area contributed by atoms with Crippen molar-refractivity contribution in [3.05, 3.63) is 58.2 Å². The number of nitrogens with two attached hydrogens (primary N) is 1. The van der Waals surface area contributed by atoms with Crippen molar-refractivity contribution in [2.75, 3.05) is 12.3 Å². The van der Waals surface area contributed by atoms with E-state index in [9.17, 15) is 9.59 Å². The van der Waals surface area contributed by atoms with Crippen LogP contribution in [0.25, 0.3) is 10.4 Å². The number of azide groups is 1. The summed E-state index contributed by atoms with van der Waals surface area (Å²) < 4.78 is 6.43. The highest BCUT2D eigenvalue weighted by molar-refractivity contribution is 5.82. The highest BCUT2D eigenvalue weighted by Gasteiger charge is 2.20. The molecule has 1 aromatic heterocycles. The third-order valence-electron chi connectivity index (χ3n) is 3.68. The van der Waals surface area contributed by atoms with Gasteiger partial charge in [-0.15, -0.1) is 12.3 Å². The number of carbonyl (C=O) groups is 2. The van der Waals surface area contributed by atoms with E-state index in [-0.39, 0.29) is 18.3 Å². The highest BCUT2D eigenvalue weighted by Crippen LogP contribution is 2.13. The smallest absolute Gasteiger partial charge is 0.421 e. The van der Waals surface area contributed by atoms with Gasteiger partial charge in [0.15, 0.2) is 0 Å². The van der Waals surface area contributed by atoms with Crippen LogP contribution >= 0.6 is 0 Å². The molecule has 0 amide bonds. The van der Waals surface area contributed by atoms with Gasteiger partial charge in [-0.25, -0.2) is 14.3 Å². The van der Waals surface area contributed by atoms with Crippen molar-refractivity contribution in [3.8, 4) is 12.3 Å². The summed E-state index contributed by atoms with van der Waals surface area (Å²) in [5.41, 5.74) is 14.8. The molecule has 0 spiro atoms. The number of ketones is 1. The Balaban J connectivity index is 0.000000327. The van der Waals surface area contributed by atoms with Gasteiger partial charge in [0.25, 0.3) is 0 Å². The van der Waals surface area contributed by atoms with Crippen LogP contribution in [0.1, 0.15) is 44.9 Å². The molecule has 0 atom stereocenters. The first-order valence-corrected chi connectivity index (χ1v) is 9.73. The predicted molar refractivity (Wildman–Crippen MR) is 119 cm³/mol. The lowest BCUT2D eigenvalue weighted by atomic mass is 10.1. The van der Waals surface area contributed by atoms with Crippen molar-refractivity contribution >= 4 is 17.8 Å². The molecule has 0 unspecified atom stereocenters. The van der Waals surface area contributed by atoms with E-state index in [1.54, 1.807) is 27.0 Å². The Labute approximate surface area is 182 Å². The lowest BCUT2D eigenvalue weighted by Crippen LogP contribution is -2.27. The van der Waals surface area contributed by atoms with Crippen molar-refractivity contribution in [3.63, 3.8) is 0 Å². The van der Waals surface area contributed by atoms with Gasteiger partial charge in [0.1, 0.15) is 11.4 Å². The molecular formula is C22H28N6O3. The number of nitrogen functional groups attached to an aromatic ring is 1. The molecule has 9 heteroatoms. The van der Waals surface area contributed by atoms with Crippen LogP contribution in [0, 0.1) is 12.3 Å². The van der Waals surface area contributed by atoms with E-state index in [2.05, 4.69) is 20.9 Å². The number of carbonyl (C=O) groups excluding carboxylic acids is 2. The number of nitrogens with zero attached hydrogens (tertiary/aromatic N) is 5. The van der Waals surface area contributed by atoms with Crippen molar-refractivity contribution in [2.24, 2.45) is 5.11 Å². The number of rotatable bonds is 7. The number of terminal acetylenes is 1. The third-order valence-corrected chi connectivity index (χ3v) is 3.68. The number of Topliss-reactive ketones (excluding diaryl/α,β-unsaturated/α-hetero) is 1. The van der Waals surface area contributed by atoms with Crippen LogP contribution in [0.4, 0.5) is 10.7 Å². The maximum absolute atomic E-state index is 11.8. The zero-order valence-corrected chi connectivity index (χ0v) is 18.1. The fourth-order valence-corrected chi connectivity index (χ4v) is 2.38. The van der Waals surface area contributed by atoms with Gasteiger partial charge < -0.3 is 10.5 Å². The Kier molecular flexibility index (Phi) is 10.4. The first kappa shape index (κ1) is 25.3. The van der Waals surface area contributed by atoms with E-state index in [4.69, 9.17) is 22.4 Å². The molecule has 0 bridgehead atoms. The van der Waals surface area contributed by atoms with Gasteiger partial charge in [0.05, 0.1) is 12.2 Å². The molecular weight excluding hydrogens is 396 g/mol. The standard InChI is InChI=1S/C13H19N3O2.C9H9N3O/c1-5-6-7-8-10-9-16(11(14)15-10)12(17)18-13(2,3)4;10-12-11-7-9(13)6-8-4-2-1-3-5-8/h1,9H,6-8H2,2-4H3,(H2,14,15);1-5H,6-7H2. The zero-order valence-electron chi connectivity index (χ0n) is 18.1. The molecule has 2 aromatic rings. The molecule has 31 heavy (non-hydrogen) atoms. The summed E-state index contributed by atoms with van der Waals surface area (Å²) >= 11 is 0. The number of imidazole rings is 1. The van der Waals surface area contributed by atoms with E-state index in [0.29, 0.717) is 19.3 Å². The predicted octanol–water partition coefficient (Wildman–Crippen LogP) is 4.31. The first-order valence-electron chi connectivity index (χ1n) is 9.73. The lowest BCUT2D eigenvalue weighted by molar-refractivity contribution is -0.117. The molecule has 2 N–H and O–H groups in total. The van der Waals surface area contributed by atoms with E-state index >= 15 is 0 Å². The van der Waals surface area contributed by atoms with Crippen molar-refractivity contribution < 1.29 is 14.3 Å². The first-order chi connectivity index (χ1) is 14.7. The normalized spacial score (nSPS) is 10.1. The van der Waals surface area contributed by atoms with E-state index in [1.165, 1.54) is 4.57 Å². The average molecular weight is 425 g/mol. The van der Waals surface area contributed by atoms with Crippen molar-refractivity contribution in [1.29, 1.82) is 0 Å². The van der Waals surface area contributed by atoms with E-state index in [0.717, 1.165) is 17.7 Å². The minimum Gasteiger partial charge on any atom is -0.443 e. The lowest BCUT2D eigenvalue weighted by Gasteiger charge is -2.19. The van der Waals surface area contributed by atoms with Crippen LogP contribution in [0.2, 0.25) is 0 Å². The number of hydrogen-bond donors (Lipinski definition) is 1. The number of aromatic nitrogens is 2. The van der Waals surface area contributed by atoms with Gasteiger partial charge >= 0.3 is 6.09 Å². The summed E-state index contributed by atoms with van der Waals surface area (Å²) in [5.74, 6) is 2.63. The van der Waals surface area contributed by atoms with Gasteiger partial charge in [-0.3, -0.25) is 4.79 Å². The molecule has 1 aromatic carbocycles. The molecule has 0 radical (unpaired) electrons. The summed E-state index contributed by atoms with van der Waals surface area (Å²) in [4.78, 5) is 29.5. The quantitative estimate of drug-likeness (QED) is 0.232. The van der Waals surface area contributed by atoms with Crippen LogP contribution in [0.15, 0.2) is 41.6 Å². The number of hydrogen-bond acceptors (Lipinski definition) is 6. The molecule has 0 saturated carbocycles. The van der Waals surface area contributed by atoms with Crippen LogP contribution in [0.3, 0.4) is 0 Å². The fraction of sp³-hybridized carbons (Fsp3) is 0.409. The Hall–Kier alpha value is -3.76. The number of unbranched alkanes of at least 4 members (excludes halogenated alkanes) is 1. The second-order valence-corrected chi connectivity index (χ2v) is 7.59. The summed E-state index contributed by atoms with van der Waals surface area (Å²) in [6.45, 7) is 5.33. The van der Waals surface area contributed by atoms with Crippen LogP contribution in [-0.4, -0.2) is 33.6 Å². The average Bonchev–Trinajstić information content (AvgIpc) is 3.07. The van der Waals surface area contributed by atoms with E-state index in [1.807, 2.05) is 30.3 Å². The number of ether oxygens (including phenoxy) is 1. The van der Waals surface area contributed by atoms with Gasteiger partial charge in [-0.1, -0.05) is 35.4 Å². The Bertz CT molecular complexity index is 948. The Morgan fingerprint density at radius 3 is 2.58 bits per heavy atom. The molecule has 164 valence electrons. The maximum Gasteiger partial charge on any atom is 0.421 e. The van der Waals surface area contributed by atoms with Crippen LogP contribution in [0.5, 0.6) is 0 Å². The van der Waals surface area contributed by atoms with Crippen LogP contribution < -0.4 is 5.73 Å². The Morgan fingerprint density at radius 2 is 2.00 bits per heavy atom. The van der Waals surface area contributed by atoms with Crippen molar-refractivity contribution in [1.82, 2.24) is 9.55 Å². The molecule has 0 aliphatic heterocycles. The molecule has 2 rings (SSSR count). The van der Waals surface area contributed by atoms with Crippen LogP contribution in [-0.2, 0) is 22.4 Å². The largest absolute Gasteiger partial charge is 0.443 e. The van der Waals surface area contributed by atoms with Gasteiger partial charge in [0, 0.05) is 24.0 Å². The monoisotopic (exact) mass is 424 g/mol. The van der Waals surface area contributed by atoms with Gasteiger partial charge in [0.2, 0.25) is 5.95 Å². The highest BCUT2D eigenvalue weighted by atomic mass is 16.6. The second-order valence-electron chi connectivity index (χ2n) is 7.59. The fourth-order valence-electron chi connectivity index (χ4n) is 2.38. The summed E-state index contributed by atoms with van der Waals surface area (Å²) in [5, 5.41) is 3.20. The summed E-state index contributed by atoms with van der Waals surface area (Å²) in [6.07, 6.45) is 8.78. The van der Waals surface area contributed by atoms with Gasteiger partial charge in [-0.05, 0) is 44.7 Å². The molecule has 0 aliphatic carbocycles. The SMILES string of the molecule is C#CCCCc1cn(C(=O)OC(C)(C)C)c(N)n1.[N-]=[N+]=NCC(=O)Cc1ccccc1. The maximum atomic E-state index is 11.8. The number of aryl methyl sites for hydroxylation is 1. The molecule has 0 fully saturated rings. The summed E-state index contributed by atoms with van der Waals surface area (Å²) in [7, 11) is 0. The topological polar surface area (TPSA) is 136 Å². The minimum absolute atomic E-state index is 0.0641. The number of anilines is 1. The Morgan fingerprint density at radius 1 is 1.32 bits per heavy atom. The molecule has 9 nitrogen and oxygen atoms in total. The third kappa shape index (κ3) is 10.5. The second kappa shape index (κ2) is 12.7. The minimum atomic E-state index is -0.558. The number of benzene rings is 1. The molecule has 1 heterocycles. The van der Waals surface area contributed by atoms with Crippen molar-refractivity contribution in [2.45, 2.75) is 52.1 Å². The molecule has 0 aliphatic rings. The molecule has 0 saturated heterocycles. The van der Waals surface area contributed by atoms with E-state index < -0.39 is 11.7 Å². The van der Waals surface area contributed by atoms with Gasteiger partial charge in [-0.2, -0.15) is 0 Å².